The molecule has 100 valence electrons. The third-order valence-corrected chi connectivity index (χ3v) is 3.95. The smallest absolute Gasteiger partial charge is 0.256 e. The molecule has 1 heterocycles. The molecule has 0 fully saturated rings. The molecule has 0 aliphatic carbocycles. The van der Waals surface area contributed by atoms with Crippen LogP contribution in [-0.2, 0) is 0 Å². The summed E-state index contributed by atoms with van der Waals surface area (Å²) in [6.07, 6.45) is 4.53. The van der Waals surface area contributed by atoms with Gasteiger partial charge in [-0.05, 0) is 25.7 Å². The lowest BCUT2D eigenvalue weighted by Crippen LogP contribution is -2.38. The Kier molecular flexibility index (Phi) is 5.96. The van der Waals surface area contributed by atoms with Crippen LogP contribution in [0.2, 0.25) is 5.02 Å². The lowest BCUT2D eigenvalue weighted by atomic mass is 10.2. The Morgan fingerprint density at radius 3 is 2.78 bits per heavy atom. The number of nitrogens with zero attached hydrogens (tertiary/aromatic N) is 2. The number of aromatic nitrogens is 1. The van der Waals surface area contributed by atoms with Gasteiger partial charge in [-0.25, -0.2) is 0 Å². The summed E-state index contributed by atoms with van der Waals surface area (Å²) in [6, 6.07) is 1.95. The summed E-state index contributed by atoms with van der Waals surface area (Å²) in [5.41, 5.74) is 1.29. The predicted octanol–water partition coefficient (Wildman–Crippen LogP) is 3.26. The van der Waals surface area contributed by atoms with E-state index >= 15 is 0 Å². The predicted molar refractivity (Wildman–Crippen MR) is 78.5 cm³/mol. The number of carbonyl (C=O) groups excluding carboxylic acids is 1. The molecular weight excluding hydrogens is 268 g/mol. The van der Waals surface area contributed by atoms with Gasteiger partial charge in [0.1, 0.15) is 0 Å². The van der Waals surface area contributed by atoms with Crippen LogP contribution in [0.1, 0.15) is 29.4 Å². The number of carbonyl (C=O) groups is 1. The topological polar surface area (TPSA) is 33.2 Å². The second-order valence-corrected chi connectivity index (χ2v) is 5.56. The second kappa shape index (κ2) is 7.00. The fraction of sp³-hybridized carbons (Fsp3) is 0.538. The highest BCUT2D eigenvalue weighted by atomic mass is 35.5. The van der Waals surface area contributed by atoms with Crippen LogP contribution in [0.4, 0.5) is 0 Å². The van der Waals surface area contributed by atoms with E-state index in [4.69, 9.17) is 11.6 Å². The Labute approximate surface area is 118 Å². The normalized spacial score (nSPS) is 12.3. The van der Waals surface area contributed by atoms with E-state index in [0.717, 1.165) is 17.9 Å². The highest BCUT2D eigenvalue weighted by molar-refractivity contribution is 7.98. The van der Waals surface area contributed by atoms with Gasteiger partial charge in [0.15, 0.2) is 0 Å². The van der Waals surface area contributed by atoms with Gasteiger partial charge >= 0.3 is 0 Å². The maximum atomic E-state index is 12.3. The minimum Gasteiger partial charge on any atom is -0.338 e. The van der Waals surface area contributed by atoms with Crippen molar-refractivity contribution in [1.82, 2.24) is 9.88 Å². The van der Waals surface area contributed by atoms with Gasteiger partial charge in [0.25, 0.3) is 5.91 Å². The molecule has 0 aromatic carbocycles. The first kappa shape index (κ1) is 15.3. The fourth-order valence-electron chi connectivity index (χ4n) is 1.74. The molecule has 0 bridgehead atoms. The van der Waals surface area contributed by atoms with Gasteiger partial charge < -0.3 is 4.90 Å². The summed E-state index contributed by atoms with van der Waals surface area (Å²) in [4.78, 5) is 18.2. The van der Waals surface area contributed by atoms with E-state index in [9.17, 15) is 4.79 Å². The molecule has 0 aliphatic rings. The molecule has 0 radical (unpaired) electrons. The van der Waals surface area contributed by atoms with Crippen LogP contribution in [0.3, 0.4) is 0 Å². The Hall–Kier alpha value is -0.740. The lowest BCUT2D eigenvalue weighted by Gasteiger charge is -2.27. The second-order valence-electron chi connectivity index (χ2n) is 4.24. The van der Waals surface area contributed by atoms with Crippen molar-refractivity contribution >= 4 is 29.3 Å². The Balaban J connectivity index is 2.91. The average molecular weight is 287 g/mol. The summed E-state index contributed by atoms with van der Waals surface area (Å²) in [5, 5.41) is 0.471. The van der Waals surface area contributed by atoms with Crippen LogP contribution >= 0.6 is 23.4 Å². The van der Waals surface area contributed by atoms with Crippen molar-refractivity contribution in [3.8, 4) is 0 Å². The highest BCUT2D eigenvalue weighted by Crippen LogP contribution is 2.19. The molecule has 18 heavy (non-hydrogen) atoms. The van der Waals surface area contributed by atoms with Gasteiger partial charge in [0.2, 0.25) is 0 Å². The third-order valence-electron chi connectivity index (χ3n) is 2.92. The minimum atomic E-state index is -0.0617. The first-order valence-electron chi connectivity index (χ1n) is 5.89. The van der Waals surface area contributed by atoms with Crippen LogP contribution in [0, 0.1) is 6.92 Å². The van der Waals surface area contributed by atoms with Crippen molar-refractivity contribution in [2.45, 2.75) is 26.3 Å². The van der Waals surface area contributed by atoms with Crippen LogP contribution in [0.25, 0.3) is 0 Å². The summed E-state index contributed by atoms with van der Waals surface area (Å²) in [7, 11) is 1.82. The van der Waals surface area contributed by atoms with E-state index in [1.54, 1.807) is 28.9 Å². The molecule has 0 saturated heterocycles. The average Bonchev–Trinajstić information content (AvgIpc) is 2.34. The van der Waals surface area contributed by atoms with E-state index < -0.39 is 0 Å². The fourth-order valence-corrected chi connectivity index (χ4v) is 2.87. The quantitative estimate of drug-likeness (QED) is 0.833. The van der Waals surface area contributed by atoms with Gasteiger partial charge in [-0.15, -0.1) is 0 Å². The van der Waals surface area contributed by atoms with Crippen molar-refractivity contribution in [1.29, 1.82) is 0 Å². The highest BCUT2D eigenvalue weighted by Gasteiger charge is 2.21. The van der Waals surface area contributed by atoms with Crippen LogP contribution in [-0.4, -0.2) is 40.9 Å². The molecule has 1 aromatic rings. The molecule has 1 rings (SSSR count). The number of pyridine rings is 1. The Bertz CT molecular complexity index is 425. The molecule has 5 heteroatoms. The molecule has 3 nitrogen and oxygen atoms in total. The Morgan fingerprint density at radius 2 is 2.28 bits per heavy atom. The monoisotopic (exact) mass is 286 g/mol. The zero-order valence-corrected chi connectivity index (χ0v) is 12.8. The van der Waals surface area contributed by atoms with E-state index in [1.165, 1.54) is 0 Å². The molecule has 0 saturated carbocycles. The maximum absolute atomic E-state index is 12.3. The molecule has 1 aromatic heterocycles. The van der Waals surface area contributed by atoms with Gasteiger partial charge in [-0.2, -0.15) is 11.8 Å². The molecule has 0 spiro atoms. The number of hydrogen-bond acceptors (Lipinski definition) is 3. The van der Waals surface area contributed by atoms with Gasteiger partial charge in [0.05, 0.1) is 10.6 Å². The lowest BCUT2D eigenvalue weighted by molar-refractivity contribution is 0.0743. The first-order chi connectivity index (χ1) is 8.51. The van der Waals surface area contributed by atoms with Crippen LogP contribution < -0.4 is 0 Å². The molecular formula is C13H19ClN2OS. The molecule has 0 aliphatic heterocycles. The van der Waals surface area contributed by atoms with Crippen molar-refractivity contribution in [2.24, 2.45) is 0 Å². The number of rotatable bonds is 5. The number of aryl methyl sites for hydroxylation is 1. The van der Waals surface area contributed by atoms with Crippen molar-refractivity contribution in [3.63, 3.8) is 0 Å². The van der Waals surface area contributed by atoms with Crippen molar-refractivity contribution in [2.75, 3.05) is 19.1 Å². The van der Waals surface area contributed by atoms with Crippen molar-refractivity contribution in [3.05, 3.63) is 28.5 Å². The minimum absolute atomic E-state index is 0.0617. The number of thioether (sulfide) groups is 1. The zero-order valence-electron chi connectivity index (χ0n) is 11.2. The molecule has 1 unspecified atom stereocenters. The van der Waals surface area contributed by atoms with Gasteiger partial charge in [0, 0.05) is 30.7 Å². The van der Waals surface area contributed by atoms with Crippen LogP contribution in [0.15, 0.2) is 12.3 Å². The maximum Gasteiger partial charge on any atom is 0.256 e. The summed E-state index contributed by atoms with van der Waals surface area (Å²) >= 11 is 7.84. The number of amides is 1. The first-order valence-corrected chi connectivity index (χ1v) is 7.66. The molecule has 0 N–H and O–H groups in total. The van der Waals surface area contributed by atoms with E-state index in [0.29, 0.717) is 10.6 Å². The van der Waals surface area contributed by atoms with Crippen molar-refractivity contribution < 1.29 is 4.79 Å². The number of halogens is 1. The zero-order chi connectivity index (χ0) is 13.7. The summed E-state index contributed by atoms with van der Waals surface area (Å²) in [5.74, 6) is 0.865. The van der Waals surface area contributed by atoms with Gasteiger partial charge in [-0.1, -0.05) is 18.5 Å². The SMILES string of the molecule is CCC(CSC)N(C)C(=O)c1cnc(C)cc1Cl. The van der Waals surface area contributed by atoms with E-state index in [1.807, 2.05) is 20.2 Å². The Morgan fingerprint density at radius 1 is 1.61 bits per heavy atom. The van der Waals surface area contributed by atoms with E-state index in [-0.39, 0.29) is 11.9 Å². The molecule has 1 amide bonds. The number of hydrogen-bond donors (Lipinski definition) is 0. The summed E-state index contributed by atoms with van der Waals surface area (Å²) < 4.78 is 0. The molecule has 1 atom stereocenters. The third kappa shape index (κ3) is 3.62. The summed E-state index contributed by atoms with van der Waals surface area (Å²) in [6.45, 7) is 3.94. The van der Waals surface area contributed by atoms with Crippen LogP contribution in [0.5, 0.6) is 0 Å². The standard InChI is InChI=1S/C13H19ClN2OS/c1-5-10(8-18-4)16(3)13(17)11-7-15-9(2)6-12(11)14/h6-7,10H,5,8H2,1-4H3. The van der Waals surface area contributed by atoms with Gasteiger partial charge in [-0.3, -0.25) is 9.78 Å². The van der Waals surface area contributed by atoms with E-state index in [2.05, 4.69) is 11.9 Å². The largest absolute Gasteiger partial charge is 0.338 e.